The van der Waals surface area contributed by atoms with E-state index in [1.54, 1.807) is 27.3 Å². The third-order valence-electron chi connectivity index (χ3n) is 3.53. The van der Waals surface area contributed by atoms with Gasteiger partial charge in [-0.1, -0.05) is 18.2 Å². The molecular formula is C19H17I2N3O2. The van der Waals surface area contributed by atoms with Crippen molar-refractivity contribution >= 4 is 11.6 Å². The Bertz CT molecular complexity index is 790. The van der Waals surface area contributed by atoms with Crippen molar-refractivity contribution in [3.63, 3.8) is 0 Å². The van der Waals surface area contributed by atoms with E-state index in [0.717, 1.165) is 0 Å². The summed E-state index contributed by atoms with van der Waals surface area (Å²) in [5.41, 5.74) is 0.602. The van der Waals surface area contributed by atoms with E-state index >= 15 is 0 Å². The van der Waals surface area contributed by atoms with E-state index in [9.17, 15) is 9.59 Å². The Hall–Kier alpha value is -1.75. The Morgan fingerprint density at radius 1 is 0.654 bits per heavy atom. The Morgan fingerprint density at radius 3 is 1.42 bits per heavy atom. The number of hydrogen-bond acceptors (Lipinski definition) is 3. The van der Waals surface area contributed by atoms with Crippen molar-refractivity contribution in [1.82, 2.24) is 4.98 Å². The molecule has 0 amide bonds. The summed E-state index contributed by atoms with van der Waals surface area (Å²) in [6.07, 6.45) is 7.27. The van der Waals surface area contributed by atoms with Gasteiger partial charge in [-0.05, 0) is 12.1 Å². The molecule has 0 aliphatic rings. The van der Waals surface area contributed by atoms with Gasteiger partial charge in [-0.25, -0.2) is 4.98 Å². The lowest BCUT2D eigenvalue weighted by atomic mass is 10.2. The minimum absolute atomic E-state index is 0. The number of hydrogen-bond donors (Lipinski definition) is 0. The Labute approximate surface area is 186 Å². The average Bonchev–Trinajstić information content (AvgIpc) is 2.63. The predicted molar refractivity (Wildman–Crippen MR) is 86.2 cm³/mol. The number of carbonyl (C=O) groups is 2. The summed E-state index contributed by atoms with van der Waals surface area (Å²) in [5.74, 6) is -0.263. The molecule has 0 saturated heterocycles. The van der Waals surface area contributed by atoms with Gasteiger partial charge in [0.25, 0.3) is 0 Å². The van der Waals surface area contributed by atoms with Crippen molar-refractivity contribution in [2.24, 2.45) is 0 Å². The maximum absolute atomic E-state index is 12.3. The number of rotatable bonds is 6. The van der Waals surface area contributed by atoms with Crippen LogP contribution in [0.5, 0.6) is 0 Å². The zero-order valence-corrected chi connectivity index (χ0v) is 18.1. The highest BCUT2D eigenvalue weighted by molar-refractivity contribution is 5.97. The number of aromatic nitrogens is 3. The van der Waals surface area contributed by atoms with Gasteiger partial charge in [0.05, 0.1) is 0 Å². The highest BCUT2D eigenvalue weighted by Gasteiger charge is 2.17. The van der Waals surface area contributed by atoms with Crippen LogP contribution in [0.4, 0.5) is 0 Å². The molecular weight excluding hydrogens is 556 g/mol. The largest absolute Gasteiger partial charge is 1.00 e. The van der Waals surface area contributed by atoms with E-state index in [2.05, 4.69) is 4.98 Å². The highest BCUT2D eigenvalue weighted by Crippen LogP contribution is 2.02. The van der Waals surface area contributed by atoms with E-state index in [4.69, 9.17) is 0 Å². The molecule has 5 nitrogen and oxygen atoms in total. The smallest absolute Gasteiger partial charge is 0.245 e. The molecule has 0 radical (unpaired) electrons. The fourth-order valence-corrected chi connectivity index (χ4v) is 2.32. The van der Waals surface area contributed by atoms with Crippen molar-refractivity contribution in [2.75, 3.05) is 0 Å². The van der Waals surface area contributed by atoms with Crippen LogP contribution in [-0.4, -0.2) is 16.6 Å². The molecule has 0 aromatic carbocycles. The first-order valence-electron chi connectivity index (χ1n) is 7.64. The SMILES string of the molecule is O=C(C[n+]1ccccc1)c1cccc(C(=O)C[n+]2ccccc2)n1.[I-].[I-]. The van der Waals surface area contributed by atoms with Crippen LogP contribution in [0.25, 0.3) is 0 Å². The predicted octanol–water partition coefficient (Wildman–Crippen LogP) is -4.57. The van der Waals surface area contributed by atoms with Crippen LogP contribution in [0.3, 0.4) is 0 Å². The Morgan fingerprint density at radius 2 is 1.04 bits per heavy atom. The standard InChI is InChI=1S/C19H17N3O2.2HI/c23-18(14-21-10-3-1-4-11-21)16-8-7-9-17(20-16)19(24)15-22-12-5-2-6-13-22;;/h1-13H,14-15H2;2*1H/q+2;;/p-2. The zero-order valence-electron chi connectivity index (χ0n) is 13.8. The second kappa shape index (κ2) is 11.1. The first-order valence-corrected chi connectivity index (χ1v) is 7.64. The van der Waals surface area contributed by atoms with Gasteiger partial charge in [0.2, 0.25) is 24.7 Å². The van der Waals surface area contributed by atoms with E-state index in [-0.39, 0.29) is 72.6 Å². The van der Waals surface area contributed by atoms with Gasteiger partial charge in [0.15, 0.2) is 24.8 Å². The van der Waals surface area contributed by atoms with Gasteiger partial charge in [-0.2, -0.15) is 9.13 Å². The highest BCUT2D eigenvalue weighted by atomic mass is 127. The minimum atomic E-state index is -0.131. The molecule has 134 valence electrons. The third-order valence-corrected chi connectivity index (χ3v) is 3.53. The van der Waals surface area contributed by atoms with Gasteiger partial charge in [0.1, 0.15) is 11.4 Å². The second-order valence-corrected chi connectivity index (χ2v) is 5.35. The van der Waals surface area contributed by atoms with E-state index in [0.29, 0.717) is 11.4 Å². The van der Waals surface area contributed by atoms with Gasteiger partial charge < -0.3 is 48.0 Å². The lowest BCUT2D eigenvalue weighted by Gasteiger charge is -2.01. The van der Waals surface area contributed by atoms with Crippen molar-refractivity contribution in [1.29, 1.82) is 0 Å². The summed E-state index contributed by atoms with van der Waals surface area (Å²) in [5, 5.41) is 0. The number of ketones is 2. The number of pyridine rings is 3. The fourth-order valence-electron chi connectivity index (χ4n) is 2.32. The van der Waals surface area contributed by atoms with Crippen molar-refractivity contribution in [3.8, 4) is 0 Å². The summed E-state index contributed by atoms with van der Waals surface area (Å²) in [4.78, 5) is 28.9. The zero-order chi connectivity index (χ0) is 16.8. The molecule has 3 aromatic heterocycles. The van der Waals surface area contributed by atoms with Crippen molar-refractivity contribution in [2.45, 2.75) is 13.1 Å². The number of Topliss-reactive ketones (excluding diaryl/α,β-unsaturated/α-hetero) is 2. The van der Waals surface area contributed by atoms with E-state index in [1.165, 1.54) is 0 Å². The van der Waals surface area contributed by atoms with Crippen LogP contribution < -0.4 is 57.1 Å². The van der Waals surface area contributed by atoms with Gasteiger partial charge >= 0.3 is 0 Å². The maximum atomic E-state index is 12.3. The first-order chi connectivity index (χ1) is 11.7. The molecule has 3 heterocycles. The topological polar surface area (TPSA) is 54.8 Å². The molecule has 0 fully saturated rings. The maximum Gasteiger partial charge on any atom is 0.245 e. The van der Waals surface area contributed by atoms with E-state index < -0.39 is 0 Å². The number of halogens is 2. The molecule has 0 saturated carbocycles. The molecule has 0 aliphatic carbocycles. The molecule has 26 heavy (non-hydrogen) atoms. The lowest BCUT2D eigenvalue weighted by molar-refractivity contribution is -0.683. The normalized spacial score (nSPS) is 9.54. The van der Waals surface area contributed by atoms with Crippen LogP contribution >= 0.6 is 0 Å². The van der Waals surface area contributed by atoms with Gasteiger partial charge in [-0.3, -0.25) is 9.59 Å². The summed E-state index contributed by atoms with van der Waals surface area (Å²) >= 11 is 0. The summed E-state index contributed by atoms with van der Waals surface area (Å²) in [7, 11) is 0. The second-order valence-electron chi connectivity index (χ2n) is 5.35. The monoisotopic (exact) mass is 573 g/mol. The Balaban J connectivity index is 0.00000169. The van der Waals surface area contributed by atoms with E-state index in [1.807, 2.05) is 61.2 Å². The molecule has 0 aliphatic heterocycles. The average molecular weight is 573 g/mol. The summed E-state index contributed by atoms with van der Waals surface area (Å²) in [6.45, 7) is 0.387. The molecule has 0 spiro atoms. The molecule has 0 unspecified atom stereocenters. The Kier molecular flexibility index (Phi) is 9.49. The fraction of sp³-hybridized carbons (Fsp3) is 0.105. The lowest BCUT2D eigenvalue weighted by Crippen LogP contribution is -3.00. The molecule has 0 N–H and O–H groups in total. The van der Waals surface area contributed by atoms with Crippen LogP contribution in [0.1, 0.15) is 21.0 Å². The molecule has 0 bridgehead atoms. The molecule has 0 atom stereocenters. The summed E-state index contributed by atoms with van der Waals surface area (Å²) in [6, 6.07) is 16.2. The number of carbonyl (C=O) groups excluding carboxylic acids is 2. The molecule has 7 heteroatoms. The first kappa shape index (κ1) is 22.3. The van der Waals surface area contributed by atoms with Crippen LogP contribution in [0.15, 0.2) is 79.4 Å². The quantitative estimate of drug-likeness (QED) is 0.170. The van der Waals surface area contributed by atoms with Gasteiger partial charge in [-0.15, -0.1) is 0 Å². The molecule has 3 aromatic rings. The van der Waals surface area contributed by atoms with Crippen molar-refractivity contribution < 1.29 is 66.7 Å². The van der Waals surface area contributed by atoms with Gasteiger partial charge in [0, 0.05) is 24.3 Å². The minimum Gasteiger partial charge on any atom is -1.00 e. The van der Waals surface area contributed by atoms with Crippen LogP contribution in [0.2, 0.25) is 0 Å². The van der Waals surface area contributed by atoms with Crippen molar-refractivity contribution in [3.05, 3.63) is 90.8 Å². The van der Waals surface area contributed by atoms with Crippen LogP contribution in [-0.2, 0) is 13.1 Å². The molecule has 3 rings (SSSR count). The van der Waals surface area contributed by atoms with Crippen LogP contribution in [0, 0.1) is 0 Å². The summed E-state index contributed by atoms with van der Waals surface area (Å²) < 4.78 is 3.55. The third kappa shape index (κ3) is 6.20. The number of nitrogens with zero attached hydrogens (tertiary/aromatic N) is 3.